The number of fused-ring (bicyclic) bond motifs is 2. The number of aryl methyl sites for hydroxylation is 1. The van der Waals surface area contributed by atoms with Gasteiger partial charge in [0.15, 0.2) is 11.5 Å². The molecule has 0 saturated carbocycles. The van der Waals surface area contributed by atoms with Gasteiger partial charge < -0.3 is 24.1 Å². The van der Waals surface area contributed by atoms with Crippen LogP contribution in [-0.2, 0) is 17.7 Å². The lowest BCUT2D eigenvalue weighted by Crippen LogP contribution is -2.37. The van der Waals surface area contributed by atoms with Crippen LogP contribution in [0.5, 0.6) is 11.5 Å². The van der Waals surface area contributed by atoms with Crippen LogP contribution in [0.25, 0.3) is 16.7 Å². The molecule has 1 amide bonds. The van der Waals surface area contributed by atoms with E-state index in [4.69, 9.17) is 24.6 Å². The maximum atomic E-state index is 13.5. The number of nitrogens with one attached hydrogen (secondary N) is 2. The molecular weight excluding hydrogens is 486 g/mol. The quantitative estimate of drug-likeness (QED) is 0.347. The summed E-state index contributed by atoms with van der Waals surface area (Å²) in [5.74, 6) is 0.825. The van der Waals surface area contributed by atoms with Gasteiger partial charge in [-0.05, 0) is 61.6 Å². The Morgan fingerprint density at radius 1 is 1.18 bits per heavy atom. The number of carbonyl (C=O) groups is 1. The summed E-state index contributed by atoms with van der Waals surface area (Å²) in [6.45, 7) is 3.23. The van der Waals surface area contributed by atoms with Gasteiger partial charge in [0.05, 0.1) is 37.8 Å². The van der Waals surface area contributed by atoms with Crippen molar-refractivity contribution in [2.24, 2.45) is 0 Å². The molecule has 198 valence electrons. The minimum Gasteiger partial charge on any atom is -0.493 e. The van der Waals surface area contributed by atoms with Crippen LogP contribution in [0, 0.1) is 12.3 Å². The minimum atomic E-state index is -0.424. The maximum Gasteiger partial charge on any atom is 0.267 e. The van der Waals surface area contributed by atoms with E-state index in [1.54, 1.807) is 31.0 Å². The van der Waals surface area contributed by atoms with E-state index in [2.05, 4.69) is 5.32 Å². The lowest BCUT2D eigenvalue weighted by Gasteiger charge is -2.18. The summed E-state index contributed by atoms with van der Waals surface area (Å²) in [7, 11) is 3.16. The second-order valence-corrected chi connectivity index (χ2v) is 9.39. The summed E-state index contributed by atoms with van der Waals surface area (Å²) in [4.78, 5) is 31.6. The summed E-state index contributed by atoms with van der Waals surface area (Å²) in [5, 5.41) is 12.1. The average molecular weight is 518 g/mol. The average Bonchev–Trinajstić information content (AvgIpc) is 3.44. The fourth-order valence-electron chi connectivity index (χ4n) is 4.89. The molecule has 0 bridgehead atoms. The van der Waals surface area contributed by atoms with Crippen molar-refractivity contribution in [2.75, 3.05) is 27.4 Å². The topological polar surface area (TPSA) is 120 Å². The third kappa shape index (κ3) is 4.74. The van der Waals surface area contributed by atoms with Crippen molar-refractivity contribution < 1.29 is 19.0 Å². The highest BCUT2D eigenvalue weighted by Gasteiger charge is 2.22. The predicted molar refractivity (Wildman–Crippen MR) is 142 cm³/mol. The predicted octanol–water partition coefficient (Wildman–Crippen LogP) is 2.61. The third-order valence-corrected chi connectivity index (χ3v) is 6.94. The molecule has 1 saturated heterocycles. The third-order valence-electron chi connectivity index (χ3n) is 6.94. The van der Waals surface area contributed by atoms with Gasteiger partial charge in [-0.2, -0.15) is 0 Å². The zero-order valence-electron chi connectivity index (χ0n) is 21.7. The highest BCUT2D eigenvalue weighted by molar-refractivity contribution is 5.96. The molecule has 1 atom stereocenters. The number of hydrogen-bond donors (Lipinski definition) is 2. The SMILES string of the molecule is COc1ccc(CCNC(=O)c2cc3c(=O)n4cccc(C)c4nc3n(C[C@@H]3CCCO3)c2=N)cc1OC. The van der Waals surface area contributed by atoms with Crippen LogP contribution in [0.4, 0.5) is 0 Å². The number of amides is 1. The van der Waals surface area contributed by atoms with Crippen molar-refractivity contribution >= 4 is 22.6 Å². The van der Waals surface area contributed by atoms with Crippen molar-refractivity contribution in [3.05, 3.63) is 75.1 Å². The van der Waals surface area contributed by atoms with Crippen molar-refractivity contribution in [1.29, 1.82) is 5.41 Å². The number of nitrogens with zero attached hydrogens (tertiary/aromatic N) is 3. The first-order valence-electron chi connectivity index (χ1n) is 12.6. The number of pyridine rings is 2. The zero-order valence-corrected chi connectivity index (χ0v) is 21.7. The molecule has 1 aliphatic heterocycles. The van der Waals surface area contributed by atoms with Gasteiger partial charge in [0.2, 0.25) is 0 Å². The fraction of sp³-hybridized carbons (Fsp3) is 0.357. The molecule has 0 spiro atoms. The Bertz CT molecular complexity index is 1640. The van der Waals surface area contributed by atoms with E-state index >= 15 is 0 Å². The number of aromatic nitrogens is 3. The van der Waals surface area contributed by atoms with Crippen LogP contribution in [0.1, 0.15) is 34.3 Å². The monoisotopic (exact) mass is 517 g/mol. The summed E-state index contributed by atoms with van der Waals surface area (Å²) >= 11 is 0. The lowest BCUT2D eigenvalue weighted by atomic mass is 10.1. The second kappa shape index (κ2) is 10.7. The molecule has 4 aromatic rings. The van der Waals surface area contributed by atoms with Crippen molar-refractivity contribution in [2.45, 2.75) is 38.8 Å². The first kappa shape index (κ1) is 25.5. The molecule has 10 heteroatoms. The van der Waals surface area contributed by atoms with E-state index in [1.165, 1.54) is 10.5 Å². The Kier molecular flexibility index (Phi) is 7.15. The van der Waals surface area contributed by atoms with Gasteiger partial charge in [0.25, 0.3) is 11.5 Å². The number of methoxy groups -OCH3 is 2. The number of carbonyl (C=O) groups excluding carboxylic acids is 1. The number of benzene rings is 1. The molecule has 0 unspecified atom stereocenters. The van der Waals surface area contributed by atoms with Gasteiger partial charge in [0, 0.05) is 19.3 Å². The molecule has 1 aliphatic rings. The van der Waals surface area contributed by atoms with Crippen LogP contribution in [0.2, 0.25) is 0 Å². The van der Waals surface area contributed by atoms with Crippen LogP contribution < -0.4 is 25.8 Å². The van der Waals surface area contributed by atoms with Gasteiger partial charge in [-0.1, -0.05) is 12.1 Å². The van der Waals surface area contributed by atoms with E-state index in [9.17, 15) is 9.59 Å². The zero-order chi connectivity index (χ0) is 26.8. The summed E-state index contributed by atoms with van der Waals surface area (Å²) in [6.07, 6.45) is 3.90. The van der Waals surface area contributed by atoms with E-state index < -0.39 is 5.91 Å². The first-order valence-corrected chi connectivity index (χ1v) is 12.6. The molecular formula is C28H31N5O5. The van der Waals surface area contributed by atoms with E-state index in [0.29, 0.717) is 48.9 Å². The molecule has 0 radical (unpaired) electrons. The molecule has 5 rings (SSSR count). The minimum absolute atomic E-state index is 0.00134. The maximum absolute atomic E-state index is 13.5. The highest BCUT2D eigenvalue weighted by atomic mass is 16.5. The Morgan fingerprint density at radius 3 is 2.74 bits per heavy atom. The smallest absolute Gasteiger partial charge is 0.267 e. The van der Waals surface area contributed by atoms with Gasteiger partial charge >= 0.3 is 0 Å². The van der Waals surface area contributed by atoms with Crippen LogP contribution in [-0.4, -0.2) is 53.3 Å². The standard InChI is InChI=1S/C28H31N5O5/c1-17-6-4-12-32-25(17)31-26-21(28(32)35)15-20(24(29)33(26)16-19-7-5-13-38-19)27(34)30-11-10-18-8-9-22(36-2)23(14-18)37-3/h4,6,8-9,12,14-15,19,29H,5,7,10-11,13,16H2,1-3H3,(H,30,34)/t19-/m0/s1. The molecule has 10 nitrogen and oxygen atoms in total. The van der Waals surface area contributed by atoms with Crippen molar-refractivity contribution in [3.8, 4) is 11.5 Å². The summed E-state index contributed by atoms with van der Waals surface area (Å²) in [5.41, 5.74) is 2.55. The summed E-state index contributed by atoms with van der Waals surface area (Å²) in [6, 6.07) is 10.8. The normalized spacial score (nSPS) is 15.2. The Morgan fingerprint density at radius 2 is 2.00 bits per heavy atom. The van der Waals surface area contributed by atoms with Crippen molar-refractivity contribution in [1.82, 2.24) is 19.3 Å². The molecule has 1 aromatic carbocycles. The van der Waals surface area contributed by atoms with Gasteiger partial charge in [-0.15, -0.1) is 0 Å². The molecule has 3 aromatic heterocycles. The van der Waals surface area contributed by atoms with Gasteiger partial charge in [-0.3, -0.25) is 19.4 Å². The fourth-order valence-corrected chi connectivity index (χ4v) is 4.89. The van der Waals surface area contributed by atoms with E-state index in [0.717, 1.165) is 24.0 Å². The van der Waals surface area contributed by atoms with E-state index in [1.807, 2.05) is 31.2 Å². The van der Waals surface area contributed by atoms with Crippen LogP contribution >= 0.6 is 0 Å². The number of hydrogen-bond acceptors (Lipinski definition) is 7. The van der Waals surface area contributed by atoms with Crippen LogP contribution in [0.3, 0.4) is 0 Å². The Labute approximate surface area is 219 Å². The van der Waals surface area contributed by atoms with Gasteiger partial charge in [0.1, 0.15) is 16.8 Å². The largest absolute Gasteiger partial charge is 0.493 e. The Hall–Kier alpha value is -4.18. The van der Waals surface area contributed by atoms with Crippen molar-refractivity contribution in [3.63, 3.8) is 0 Å². The van der Waals surface area contributed by atoms with Gasteiger partial charge in [-0.25, -0.2) is 4.98 Å². The molecule has 38 heavy (non-hydrogen) atoms. The second-order valence-electron chi connectivity index (χ2n) is 9.39. The van der Waals surface area contributed by atoms with E-state index in [-0.39, 0.29) is 28.1 Å². The molecule has 0 aliphatic carbocycles. The lowest BCUT2D eigenvalue weighted by molar-refractivity contribution is 0.0933. The highest BCUT2D eigenvalue weighted by Crippen LogP contribution is 2.27. The molecule has 4 heterocycles. The first-order chi connectivity index (χ1) is 18.4. The Balaban J connectivity index is 1.50. The molecule has 1 fully saturated rings. The molecule has 2 N–H and O–H groups in total. The summed E-state index contributed by atoms with van der Waals surface area (Å²) < 4.78 is 19.6. The number of ether oxygens (including phenoxy) is 3. The number of rotatable bonds is 8. The van der Waals surface area contributed by atoms with Crippen LogP contribution in [0.15, 0.2) is 47.4 Å².